The average molecular weight is 407 g/mol. The fraction of sp³-hybridized carbons (Fsp3) is 0.217. The zero-order valence-corrected chi connectivity index (χ0v) is 16.8. The summed E-state index contributed by atoms with van der Waals surface area (Å²) in [6, 6.07) is 21.0. The molecule has 6 heteroatoms. The number of furan rings is 1. The van der Waals surface area contributed by atoms with E-state index < -0.39 is 12.0 Å². The molecule has 1 aliphatic rings. The standard InChI is InChI=1S/C23H21NO4S/c1-16(25)24-20(15-29-22(24)21-8-5-13-27-21)23(26)28-14-17-9-11-19(12-10-17)18-6-3-2-4-7-18/h2-13,20,22H,14-15H2,1H3/t20-,22+/m1/s1. The third-order valence-corrected chi connectivity index (χ3v) is 6.15. The Balaban J connectivity index is 1.40. The molecule has 1 aromatic heterocycles. The highest BCUT2D eigenvalue weighted by Crippen LogP contribution is 2.41. The number of thioether (sulfide) groups is 1. The summed E-state index contributed by atoms with van der Waals surface area (Å²) in [5, 5.41) is -0.301. The van der Waals surface area contributed by atoms with Crippen molar-refractivity contribution in [2.24, 2.45) is 0 Å². The van der Waals surface area contributed by atoms with E-state index in [9.17, 15) is 9.59 Å². The largest absolute Gasteiger partial charge is 0.466 e. The Morgan fingerprint density at radius 2 is 1.76 bits per heavy atom. The SMILES string of the molecule is CC(=O)N1[C@@H](C(=O)OCc2ccc(-c3ccccc3)cc2)CS[C@H]1c1ccco1. The minimum Gasteiger partial charge on any atom is -0.466 e. The first kappa shape index (κ1) is 19.3. The number of amides is 1. The van der Waals surface area contributed by atoms with Crippen LogP contribution in [0, 0.1) is 0 Å². The highest BCUT2D eigenvalue weighted by Gasteiger charge is 2.43. The molecule has 0 saturated carbocycles. The number of ether oxygens (including phenoxy) is 1. The highest BCUT2D eigenvalue weighted by atomic mass is 32.2. The van der Waals surface area contributed by atoms with E-state index in [1.807, 2.05) is 48.5 Å². The van der Waals surface area contributed by atoms with Crippen LogP contribution in [-0.2, 0) is 20.9 Å². The van der Waals surface area contributed by atoms with Crippen molar-refractivity contribution in [2.45, 2.75) is 24.9 Å². The van der Waals surface area contributed by atoms with E-state index in [2.05, 4.69) is 12.1 Å². The maximum absolute atomic E-state index is 12.7. The molecule has 5 nitrogen and oxygen atoms in total. The van der Waals surface area contributed by atoms with E-state index in [0.29, 0.717) is 11.5 Å². The van der Waals surface area contributed by atoms with E-state index in [-0.39, 0.29) is 17.9 Å². The molecule has 0 bridgehead atoms. The Morgan fingerprint density at radius 1 is 1.03 bits per heavy atom. The summed E-state index contributed by atoms with van der Waals surface area (Å²) in [4.78, 5) is 26.4. The van der Waals surface area contributed by atoms with Crippen LogP contribution in [0.4, 0.5) is 0 Å². The zero-order chi connectivity index (χ0) is 20.2. The highest BCUT2D eigenvalue weighted by molar-refractivity contribution is 7.99. The molecular weight excluding hydrogens is 386 g/mol. The molecule has 3 aromatic rings. The van der Waals surface area contributed by atoms with Crippen molar-refractivity contribution in [3.63, 3.8) is 0 Å². The smallest absolute Gasteiger partial charge is 0.330 e. The third kappa shape index (κ3) is 4.22. The summed E-state index contributed by atoms with van der Waals surface area (Å²) in [6.07, 6.45) is 1.57. The van der Waals surface area contributed by atoms with Crippen LogP contribution in [0.15, 0.2) is 77.4 Å². The molecule has 1 amide bonds. The van der Waals surface area contributed by atoms with Crippen LogP contribution < -0.4 is 0 Å². The van der Waals surface area contributed by atoms with Crippen molar-refractivity contribution >= 4 is 23.6 Å². The molecule has 148 valence electrons. The quantitative estimate of drug-likeness (QED) is 0.576. The Kier molecular flexibility index (Phi) is 5.71. The van der Waals surface area contributed by atoms with Gasteiger partial charge in [-0.3, -0.25) is 4.79 Å². The van der Waals surface area contributed by atoms with Gasteiger partial charge in [-0.15, -0.1) is 11.8 Å². The van der Waals surface area contributed by atoms with Gasteiger partial charge in [0.15, 0.2) is 0 Å². The lowest BCUT2D eigenvalue weighted by Crippen LogP contribution is -2.42. The fourth-order valence-corrected chi connectivity index (χ4v) is 4.81. The van der Waals surface area contributed by atoms with Crippen molar-refractivity contribution in [2.75, 3.05) is 5.75 Å². The lowest BCUT2D eigenvalue weighted by Gasteiger charge is -2.25. The van der Waals surface area contributed by atoms with Gasteiger partial charge in [0.05, 0.1) is 6.26 Å². The molecule has 2 atom stereocenters. The van der Waals surface area contributed by atoms with Gasteiger partial charge < -0.3 is 14.1 Å². The van der Waals surface area contributed by atoms with Gasteiger partial charge in [0.2, 0.25) is 5.91 Å². The average Bonchev–Trinajstić information content (AvgIpc) is 3.42. The number of benzene rings is 2. The Hall–Kier alpha value is -2.99. The van der Waals surface area contributed by atoms with Crippen LogP contribution in [0.25, 0.3) is 11.1 Å². The maximum Gasteiger partial charge on any atom is 0.330 e. The van der Waals surface area contributed by atoms with E-state index in [1.165, 1.54) is 18.7 Å². The number of esters is 1. The molecule has 1 aliphatic heterocycles. The molecular formula is C23H21NO4S. The van der Waals surface area contributed by atoms with Gasteiger partial charge in [-0.1, -0.05) is 54.6 Å². The number of hydrogen-bond donors (Lipinski definition) is 0. The summed E-state index contributed by atoms with van der Waals surface area (Å²) in [5.74, 6) is 0.577. The second kappa shape index (κ2) is 8.57. The first-order valence-corrected chi connectivity index (χ1v) is 10.4. The first-order valence-electron chi connectivity index (χ1n) is 9.38. The number of carbonyl (C=O) groups excluding carboxylic acids is 2. The molecule has 1 fully saturated rings. The van der Waals surface area contributed by atoms with E-state index in [4.69, 9.17) is 9.15 Å². The van der Waals surface area contributed by atoms with Gasteiger partial charge in [-0.25, -0.2) is 4.79 Å². The van der Waals surface area contributed by atoms with Crippen molar-refractivity contribution < 1.29 is 18.7 Å². The summed E-state index contributed by atoms with van der Waals surface area (Å²) >= 11 is 1.50. The second-order valence-corrected chi connectivity index (χ2v) is 7.93. The van der Waals surface area contributed by atoms with Crippen molar-refractivity contribution in [1.82, 2.24) is 4.90 Å². The summed E-state index contributed by atoms with van der Waals surface area (Å²) in [6.45, 7) is 1.64. The van der Waals surface area contributed by atoms with Gasteiger partial charge in [0, 0.05) is 12.7 Å². The van der Waals surface area contributed by atoms with Crippen LogP contribution >= 0.6 is 11.8 Å². The predicted molar refractivity (Wildman–Crippen MR) is 112 cm³/mol. The predicted octanol–water partition coefficient (Wildman–Crippen LogP) is 4.65. The third-order valence-electron chi connectivity index (χ3n) is 4.86. The van der Waals surface area contributed by atoms with E-state index >= 15 is 0 Å². The molecule has 2 aromatic carbocycles. The fourth-order valence-electron chi connectivity index (χ4n) is 3.40. The molecule has 0 radical (unpaired) electrons. The molecule has 4 rings (SSSR count). The van der Waals surface area contributed by atoms with Crippen LogP contribution in [0.5, 0.6) is 0 Å². The van der Waals surface area contributed by atoms with E-state index in [0.717, 1.165) is 16.7 Å². The van der Waals surface area contributed by atoms with Gasteiger partial charge in [-0.2, -0.15) is 0 Å². The Morgan fingerprint density at radius 3 is 2.41 bits per heavy atom. The second-order valence-electron chi connectivity index (χ2n) is 6.81. The zero-order valence-electron chi connectivity index (χ0n) is 16.0. The maximum atomic E-state index is 12.7. The number of carbonyl (C=O) groups is 2. The van der Waals surface area contributed by atoms with Gasteiger partial charge in [0.1, 0.15) is 23.8 Å². The minimum atomic E-state index is -0.615. The summed E-state index contributed by atoms with van der Waals surface area (Å²) in [7, 11) is 0. The van der Waals surface area contributed by atoms with Gasteiger partial charge in [-0.05, 0) is 28.8 Å². The molecule has 0 spiro atoms. The minimum absolute atomic E-state index is 0.173. The number of hydrogen-bond acceptors (Lipinski definition) is 5. The lowest BCUT2D eigenvalue weighted by atomic mass is 10.0. The first-order chi connectivity index (χ1) is 14.1. The van der Waals surface area contributed by atoms with Crippen molar-refractivity contribution in [3.8, 4) is 11.1 Å². The van der Waals surface area contributed by atoms with Crippen LogP contribution in [0.2, 0.25) is 0 Å². The van der Waals surface area contributed by atoms with Crippen LogP contribution in [0.1, 0.15) is 23.6 Å². The van der Waals surface area contributed by atoms with E-state index in [1.54, 1.807) is 17.2 Å². The topological polar surface area (TPSA) is 59.8 Å². The van der Waals surface area contributed by atoms with Gasteiger partial charge in [0.25, 0.3) is 0 Å². The number of nitrogens with zero attached hydrogens (tertiary/aromatic N) is 1. The molecule has 1 saturated heterocycles. The van der Waals surface area contributed by atoms with Crippen LogP contribution in [-0.4, -0.2) is 28.6 Å². The summed E-state index contributed by atoms with van der Waals surface area (Å²) in [5.41, 5.74) is 3.15. The molecule has 0 aliphatic carbocycles. The monoisotopic (exact) mass is 407 g/mol. The molecule has 0 unspecified atom stereocenters. The molecule has 29 heavy (non-hydrogen) atoms. The Labute approximate surface area is 173 Å². The Bertz CT molecular complexity index is 970. The van der Waals surface area contributed by atoms with Crippen molar-refractivity contribution in [1.29, 1.82) is 0 Å². The molecule has 0 N–H and O–H groups in total. The lowest BCUT2D eigenvalue weighted by molar-refractivity contribution is -0.154. The van der Waals surface area contributed by atoms with Crippen molar-refractivity contribution in [3.05, 3.63) is 84.3 Å². The number of rotatable bonds is 5. The summed E-state index contributed by atoms with van der Waals surface area (Å²) < 4.78 is 11.0. The van der Waals surface area contributed by atoms with Crippen LogP contribution in [0.3, 0.4) is 0 Å². The molecule has 2 heterocycles. The normalized spacial score (nSPS) is 18.6. The van der Waals surface area contributed by atoms with Gasteiger partial charge >= 0.3 is 5.97 Å².